The normalized spacial score (nSPS) is 16.9. The molecule has 0 unspecified atom stereocenters. The lowest BCUT2D eigenvalue weighted by atomic mass is 10.2. The molecule has 1 aliphatic rings. The Morgan fingerprint density at radius 3 is 2.48 bits per heavy atom. The Labute approximate surface area is 121 Å². The summed E-state index contributed by atoms with van der Waals surface area (Å²) in [5.41, 5.74) is -0.720. The monoisotopic (exact) mass is 317 g/mol. The standard InChI is InChI=1S/C12H16FN3O4S/c1-9-7-10(13)11(16(17)18)8-12(9)21(19,20)14-15-5-3-2-4-6-15/h7-8,14H,2-6H2,1H3. The number of nitrogens with zero attached hydrogens (tertiary/aromatic N) is 2. The molecule has 1 saturated heterocycles. The van der Waals surface area contributed by atoms with Crippen LogP contribution in [0.1, 0.15) is 24.8 Å². The molecule has 0 spiro atoms. The van der Waals surface area contributed by atoms with Gasteiger partial charge < -0.3 is 0 Å². The highest BCUT2D eigenvalue weighted by Crippen LogP contribution is 2.25. The maximum atomic E-state index is 13.5. The predicted molar refractivity (Wildman–Crippen MR) is 73.5 cm³/mol. The number of nitro benzene ring substituents is 1. The summed E-state index contributed by atoms with van der Waals surface area (Å²) >= 11 is 0. The minimum atomic E-state index is -3.96. The third kappa shape index (κ3) is 3.55. The zero-order valence-electron chi connectivity index (χ0n) is 11.5. The fraction of sp³-hybridized carbons (Fsp3) is 0.500. The molecule has 21 heavy (non-hydrogen) atoms. The van der Waals surface area contributed by atoms with Crippen LogP contribution in [0.2, 0.25) is 0 Å². The van der Waals surface area contributed by atoms with Crippen LogP contribution < -0.4 is 4.83 Å². The van der Waals surface area contributed by atoms with Gasteiger partial charge in [-0.2, -0.15) is 4.39 Å². The van der Waals surface area contributed by atoms with Crippen molar-refractivity contribution in [1.29, 1.82) is 0 Å². The fourth-order valence-electron chi connectivity index (χ4n) is 2.28. The number of aryl methyl sites for hydroxylation is 1. The lowest BCUT2D eigenvalue weighted by Gasteiger charge is -2.26. The lowest BCUT2D eigenvalue weighted by molar-refractivity contribution is -0.387. The maximum Gasteiger partial charge on any atom is 0.306 e. The second-order valence-corrected chi connectivity index (χ2v) is 6.60. The Bertz CT molecular complexity index is 657. The molecule has 1 fully saturated rings. The summed E-state index contributed by atoms with van der Waals surface area (Å²) in [5, 5.41) is 12.3. The van der Waals surface area contributed by atoms with Crippen molar-refractivity contribution in [3.05, 3.63) is 33.6 Å². The molecular formula is C12H16FN3O4S. The lowest BCUT2D eigenvalue weighted by Crippen LogP contribution is -2.45. The Hall–Kier alpha value is -1.58. The average Bonchev–Trinajstić information content (AvgIpc) is 2.38. The van der Waals surface area contributed by atoms with Crippen LogP contribution in [-0.2, 0) is 10.0 Å². The van der Waals surface area contributed by atoms with E-state index in [1.165, 1.54) is 6.92 Å². The van der Waals surface area contributed by atoms with Gasteiger partial charge >= 0.3 is 5.69 Å². The molecule has 0 atom stereocenters. The molecule has 7 nitrogen and oxygen atoms in total. The van der Waals surface area contributed by atoms with Crippen LogP contribution in [0.15, 0.2) is 17.0 Å². The van der Waals surface area contributed by atoms with E-state index in [9.17, 15) is 22.9 Å². The zero-order valence-corrected chi connectivity index (χ0v) is 12.3. The molecule has 9 heteroatoms. The van der Waals surface area contributed by atoms with Gasteiger partial charge in [0.05, 0.1) is 9.82 Å². The quantitative estimate of drug-likeness (QED) is 0.674. The Kier molecular flexibility index (Phi) is 4.55. The van der Waals surface area contributed by atoms with Gasteiger partial charge in [-0.3, -0.25) is 10.1 Å². The third-order valence-corrected chi connectivity index (χ3v) is 4.85. The Morgan fingerprint density at radius 1 is 1.29 bits per heavy atom. The number of hydrazine groups is 1. The molecule has 0 aliphatic carbocycles. The number of halogens is 1. The molecule has 116 valence electrons. The molecule has 1 aliphatic heterocycles. The predicted octanol–water partition coefficient (Wildman–Crippen LogP) is 1.72. The van der Waals surface area contributed by atoms with E-state index in [0.29, 0.717) is 13.1 Å². The second-order valence-electron chi connectivity index (χ2n) is 4.97. The molecule has 0 saturated carbocycles. The molecule has 0 aromatic heterocycles. The smallest absolute Gasteiger partial charge is 0.258 e. The summed E-state index contributed by atoms with van der Waals surface area (Å²) in [5.74, 6) is -1.05. The van der Waals surface area contributed by atoms with E-state index in [2.05, 4.69) is 4.83 Å². The largest absolute Gasteiger partial charge is 0.306 e. The molecule has 0 radical (unpaired) electrons. The van der Waals surface area contributed by atoms with Gasteiger partial charge in [-0.05, 0) is 31.4 Å². The van der Waals surface area contributed by atoms with Crippen LogP contribution in [0, 0.1) is 22.9 Å². The van der Waals surface area contributed by atoms with Gasteiger partial charge in [-0.1, -0.05) is 6.42 Å². The number of nitrogens with one attached hydrogen (secondary N) is 1. The molecular weight excluding hydrogens is 301 g/mol. The van der Waals surface area contributed by atoms with Gasteiger partial charge in [0.25, 0.3) is 10.0 Å². The SMILES string of the molecule is Cc1cc(F)c([N+](=O)[O-])cc1S(=O)(=O)NN1CCCCC1. The molecule has 0 bridgehead atoms. The number of piperidine rings is 1. The van der Waals surface area contributed by atoms with Gasteiger partial charge in [0.1, 0.15) is 0 Å². The van der Waals surface area contributed by atoms with Crippen LogP contribution in [0.25, 0.3) is 0 Å². The highest BCUT2D eigenvalue weighted by atomic mass is 32.2. The average molecular weight is 317 g/mol. The Morgan fingerprint density at radius 2 is 1.90 bits per heavy atom. The minimum absolute atomic E-state index is 0.127. The number of nitro groups is 1. The topological polar surface area (TPSA) is 92.5 Å². The summed E-state index contributed by atoms with van der Waals surface area (Å²) in [7, 11) is -3.96. The number of benzene rings is 1. The molecule has 1 aromatic rings. The maximum absolute atomic E-state index is 13.5. The first-order valence-electron chi connectivity index (χ1n) is 6.53. The first-order valence-corrected chi connectivity index (χ1v) is 8.01. The van der Waals surface area contributed by atoms with Crippen molar-refractivity contribution in [2.45, 2.75) is 31.1 Å². The molecule has 0 amide bonds. The molecule has 1 N–H and O–H groups in total. The highest BCUT2D eigenvalue weighted by Gasteiger charge is 2.26. The van der Waals surface area contributed by atoms with Crippen LogP contribution in [0.5, 0.6) is 0 Å². The van der Waals surface area contributed by atoms with Crippen molar-refractivity contribution in [1.82, 2.24) is 9.84 Å². The summed E-state index contributed by atoms with van der Waals surface area (Å²) in [6.45, 7) is 2.57. The summed E-state index contributed by atoms with van der Waals surface area (Å²) in [6.07, 6.45) is 2.80. The van der Waals surface area contributed by atoms with E-state index in [1.807, 2.05) is 0 Å². The van der Waals surface area contributed by atoms with E-state index in [1.54, 1.807) is 5.01 Å². The number of rotatable bonds is 4. The molecule has 1 aromatic carbocycles. The summed E-state index contributed by atoms with van der Waals surface area (Å²) < 4.78 is 38.1. The molecule has 1 heterocycles. The van der Waals surface area contributed by atoms with E-state index < -0.39 is 26.5 Å². The second kappa shape index (κ2) is 6.04. The van der Waals surface area contributed by atoms with Crippen LogP contribution in [0.4, 0.5) is 10.1 Å². The van der Waals surface area contributed by atoms with Gasteiger partial charge in [0.2, 0.25) is 5.82 Å². The van der Waals surface area contributed by atoms with Crippen LogP contribution in [0.3, 0.4) is 0 Å². The zero-order chi connectivity index (χ0) is 15.6. The fourth-order valence-corrected chi connectivity index (χ4v) is 3.65. The van der Waals surface area contributed by atoms with Gasteiger partial charge in [0, 0.05) is 19.2 Å². The first kappa shape index (κ1) is 15.8. The van der Waals surface area contributed by atoms with Crippen molar-refractivity contribution in [2.75, 3.05) is 13.1 Å². The molecule has 2 rings (SSSR count). The van der Waals surface area contributed by atoms with Gasteiger partial charge in [0.15, 0.2) is 0 Å². The number of sulfonamides is 1. The summed E-state index contributed by atoms with van der Waals surface area (Å²) in [4.78, 5) is 11.9. The van der Waals surface area contributed by atoms with Crippen molar-refractivity contribution in [2.24, 2.45) is 0 Å². The van der Waals surface area contributed by atoms with Gasteiger partial charge in [-0.15, -0.1) is 4.83 Å². The van der Waals surface area contributed by atoms with Crippen molar-refractivity contribution >= 4 is 15.7 Å². The van der Waals surface area contributed by atoms with Gasteiger partial charge in [-0.25, -0.2) is 13.4 Å². The number of hydrogen-bond donors (Lipinski definition) is 1. The van der Waals surface area contributed by atoms with E-state index >= 15 is 0 Å². The van der Waals surface area contributed by atoms with E-state index in [0.717, 1.165) is 31.4 Å². The van der Waals surface area contributed by atoms with Crippen molar-refractivity contribution in [3.63, 3.8) is 0 Å². The third-order valence-electron chi connectivity index (χ3n) is 3.34. The van der Waals surface area contributed by atoms with Crippen LogP contribution >= 0.6 is 0 Å². The number of hydrogen-bond acceptors (Lipinski definition) is 5. The first-order chi connectivity index (χ1) is 9.81. The van der Waals surface area contributed by atoms with Crippen molar-refractivity contribution < 1.29 is 17.7 Å². The minimum Gasteiger partial charge on any atom is -0.258 e. The van der Waals surface area contributed by atoms with Crippen molar-refractivity contribution in [3.8, 4) is 0 Å². The Balaban J connectivity index is 2.34. The van der Waals surface area contributed by atoms with Crippen LogP contribution in [-0.4, -0.2) is 31.4 Å². The van der Waals surface area contributed by atoms with E-state index in [-0.39, 0.29) is 10.5 Å². The summed E-state index contributed by atoms with van der Waals surface area (Å²) in [6, 6.07) is 1.62. The van der Waals surface area contributed by atoms with E-state index in [4.69, 9.17) is 0 Å². The highest BCUT2D eigenvalue weighted by molar-refractivity contribution is 7.89.